The number of hydrogen-bond donors (Lipinski definition) is 1. The minimum atomic E-state index is -0.974. The number of carboxylic acid groups (broad SMARTS) is 1. The van der Waals surface area contributed by atoms with Crippen molar-refractivity contribution < 1.29 is 19.4 Å². The third-order valence-corrected chi connectivity index (χ3v) is 3.63. The summed E-state index contributed by atoms with van der Waals surface area (Å²) in [5.41, 5.74) is 3.29. The number of carbonyl (C=O) groups excluding carboxylic acids is 1. The van der Waals surface area contributed by atoms with Gasteiger partial charge in [-0.3, -0.25) is 0 Å². The lowest BCUT2D eigenvalue weighted by atomic mass is 10.0. The first kappa shape index (κ1) is 16.0. The zero-order chi connectivity index (χ0) is 16.1. The molecule has 0 unspecified atom stereocenters. The van der Waals surface area contributed by atoms with E-state index in [0.717, 1.165) is 36.0 Å². The molecule has 0 heterocycles. The van der Waals surface area contributed by atoms with Gasteiger partial charge in [0.15, 0.2) is 0 Å². The van der Waals surface area contributed by atoms with Gasteiger partial charge in [0.2, 0.25) is 0 Å². The number of carbonyl (C=O) groups is 2. The average Bonchev–Trinajstić information content (AvgIpc) is 2.68. The molecule has 0 amide bonds. The summed E-state index contributed by atoms with van der Waals surface area (Å²) in [7, 11) is 0. The van der Waals surface area contributed by atoms with Crippen LogP contribution in [-0.4, -0.2) is 23.7 Å². The third kappa shape index (κ3) is 3.27. The number of hydrogen-bond acceptors (Lipinski definition) is 3. The molecular weight excluding hydrogens is 280 g/mol. The first-order chi connectivity index (χ1) is 10.6. The second-order valence-corrected chi connectivity index (χ2v) is 5.17. The molecule has 0 aromatic carbocycles. The molecule has 0 aliphatic heterocycles. The Balaban J connectivity index is 2.57. The van der Waals surface area contributed by atoms with Crippen LogP contribution in [0.1, 0.15) is 53.0 Å². The van der Waals surface area contributed by atoms with Crippen LogP contribution in [0.2, 0.25) is 0 Å². The predicted octanol–water partition coefficient (Wildman–Crippen LogP) is 4.01. The van der Waals surface area contributed by atoms with Gasteiger partial charge < -0.3 is 9.84 Å². The minimum absolute atomic E-state index is 0.216. The van der Waals surface area contributed by atoms with Crippen molar-refractivity contribution in [1.29, 1.82) is 0 Å². The summed E-state index contributed by atoms with van der Waals surface area (Å²) in [6, 6.07) is 8.47. The lowest BCUT2D eigenvalue weighted by Crippen LogP contribution is -2.03. The summed E-state index contributed by atoms with van der Waals surface area (Å²) in [6.45, 7) is 4.18. The molecule has 0 fully saturated rings. The number of esters is 1. The molecule has 4 nitrogen and oxygen atoms in total. The molecule has 116 valence electrons. The van der Waals surface area contributed by atoms with Gasteiger partial charge in [0.25, 0.3) is 0 Å². The van der Waals surface area contributed by atoms with E-state index >= 15 is 0 Å². The Bertz CT molecular complexity index is 660. The van der Waals surface area contributed by atoms with Gasteiger partial charge in [-0.2, -0.15) is 0 Å². The molecule has 2 aliphatic carbocycles. The SMILES string of the molecule is CCCCc1cc(C(=O)OCC)c2cccc(C(=O)O)cc1-2. The van der Waals surface area contributed by atoms with Crippen LogP contribution < -0.4 is 0 Å². The highest BCUT2D eigenvalue weighted by Gasteiger charge is 2.21. The molecule has 0 saturated carbocycles. The van der Waals surface area contributed by atoms with Gasteiger partial charge in [-0.15, -0.1) is 0 Å². The van der Waals surface area contributed by atoms with E-state index in [-0.39, 0.29) is 11.5 Å². The summed E-state index contributed by atoms with van der Waals surface area (Å²) in [5.74, 6) is -1.34. The smallest absolute Gasteiger partial charge is 0.338 e. The van der Waals surface area contributed by atoms with E-state index in [1.165, 1.54) is 0 Å². The predicted molar refractivity (Wildman–Crippen MR) is 84.6 cm³/mol. The second kappa shape index (κ2) is 7.07. The van der Waals surface area contributed by atoms with E-state index in [4.69, 9.17) is 4.74 Å². The van der Waals surface area contributed by atoms with Crippen LogP contribution in [0, 0.1) is 0 Å². The van der Waals surface area contributed by atoms with E-state index in [1.54, 1.807) is 31.2 Å². The largest absolute Gasteiger partial charge is 0.478 e. The molecule has 0 spiro atoms. The quantitative estimate of drug-likeness (QED) is 0.819. The summed E-state index contributed by atoms with van der Waals surface area (Å²) in [6.07, 6.45) is 2.84. The fourth-order valence-corrected chi connectivity index (χ4v) is 2.53. The van der Waals surface area contributed by atoms with Crippen LogP contribution in [0.25, 0.3) is 11.1 Å². The van der Waals surface area contributed by atoms with E-state index in [0.29, 0.717) is 12.2 Å². The fourth-order valence-electron chi connectivity index (χ4n) is 2.53. The highest BCUT2D eigenvalue weighted by atomic mass is 16.5. The van der Waals surface area contributed by atoms with E-state index < -0.39 is 5.97 Å². The monoisotopic (exact) mass is 300 g/mol. The summed E-state index contributed by atoms with van der Waals surface area (Å²) in [5, 5.41) is 9.23. The topological polar surface area (TPSA) is 63.6 Å². The molecule has 0 aromatic rings. The van der Waals surface area contributed by atoms with Crippen LogP contribution in [-0.2, 0) is 11.2 Å². The van der Waals surface area contributed by atoms with Crippen molar-refractivity contribution >= 4 is 11.9 Å². The van der Waals surface area contributed by atoms with Crippen molar-refractivity contribution in [2.45, 2.75) is 33.1 Å². The second-order valence-electron chi connectivity index (χ2n) is 5.17. The highest BCUT2D eigenvalue weighted by molar-refractivity contribution is 6.01. The lowest BCUT2D eigenvalue weighted by molar-refractivity contribution is 0.0527. The zero-order valence-corrected chi connectivity index (χ0v) is 12.9. The van der Waals surface area contributed by atoms with Gasteiger partial charge in [0, 0.05) is 0 Å². The molecule has 0 radical (unpaired) electrons. The van der Waals surface area contributed by atoms with Crippen LogP contribution in [0.3, 0.4) is 0 Å². The van der Waals surface area contributed by atoms with Gasteiger partial charge in [0.1, 0.15) is 0 Å². The van der Waals surface area contributed by atoms with Crippen molar-refractivity contribution in [3.8, 4) is 11.1 Å². The van der Waals surface area contributed by atoms with Crippen molar-refractivity contribution in [2.24, 2.45) is 0 Å². The normalized spacial score (nSPS) is 10.6. The molecule has 1 N–H and O–H groups in total. The molecule has 4 heteroatoms. The van der Waals surface area contributed by atoms with Crippen molar-refractivity contribution in [3.63, 3.8) is 0 Å². The lowest BCUT2D eigenvalue weighted by Gasteiger charge is -2.02. The zero-order valence-electron chi connectivity index (χ0n) is 12.9. The van der Waals surface area contributed by atoms with Gasteiger partial charge in [-0.1, -0.05) is 25.5 Å². The minimum Gasteiger partial charge on any atom is -0.478 e. The Kier molecular flexibility index (Phi) is 5.15. The summed E-state index contributed by atoms with van der Waals surface area (Å²) >= 11 is 0. The van der Waals surface area contributed by atoms with Gasteiger partial charge in [-0.25, -0.2) is 9.59 Å². The van der Waals surface area contributed by atoms with Gasteiger partial charge >= 0.3 is 11.9 Å². The maximum Gasteiger partial charge on any atom is 0.338 e. The molecule has 0 saturated heterocycles. The maximum absolute atomic E-state index is 12.1. The highest BCUT2D eigenvalue weighted by Crippen LogP contribution is 2.34. The Morgan fingerprint density at radius 3 is 2.55 bits per heavy atom. The van der Waals surface area contributed by atoms with Crippen LogP contribution in [0.5, 0.6) is 0 Å². The molecule has 0 aromatic heterocycles. The van der Waals surface area contributed by atoms with Crippen molar-refractivity contribution in [3.05, 3.63) is 47.0 Å². The van der Waals surface area contributed by atoms with Crippen LogP contribution in [0.15, 0.2) is 30.3 Å². The number of aryl methyl sites for hydroxylation is 1. The van der Waals surface area contributed by atoms with Crippen molar-refractivity contribution in [1.82, 2.24) is 0 Å². The number of unbranched alkanes of at least 4 members (excludes halogenated alkanes) is 1. The summed E-state index contributed by atoms with van der Waals surface area (Å²) in [4.78, 5) is 23.4. The van der Waals surface area contributed by atoms with Gasteiger partial charge in [-0.05, 0) is 54.7 Å². The third-order valence-electron chi connectivity index (χ3n) is 3.63. The standard InChI is InChI=1S/C18H20O4/c1-3-5-7-12-10-16(18(21)22-4-2)14-9-6-8-13(17(19)20)11-15(12)14/h6,8-11H,3-5,7H2,1-2H3,(H,19,20). The molecule has 2 rings (SSSR count). The fraction of sp³-hybridized carbons (Fsp3) is 0.333. The van der Waals surface area contributed by atoms with E-state index in [2.05, 4.69) is 6.92 Å². The Morgan fingerprint density at radius 1 is 1.14 bits per heavy atom. The number of carboxylic acids is 1. The first-order valence-corrected chi connectivity index (χ1v) is 7.54. The number of fused-ring (bicyclic) bond motifs is 1. The van der Waals surface area contributed by atoms with Crippen LogP contribution >= 0.6 is 0 Å². The van der Waals surface area contributed by atoms with Crippen LogP contribution in [0.4, 0.5) is 0 Å². The molecule has 2 aliphatic rings. The maximum atomic E-state index is 12.1. The molecule has 22 heavy (non-hydrogen) atoms. The van der Waals surface area contributed by atoms with Crippen molar-refractivity contribution in [2.75, 3.05) is 6.61 Å². The Labute approximate surface area is 130 Å². The van der Waals surface area contributed by atoms with E-state index in [1.807, 2.05) is 6.07 Å². The Hall–Kier alpha value is -2.36. The Morgan fingerprint density at radius 2 is 1.91 bits per heavy atom. The number of aromatic carboxylic acids is 1. The average molecular weight is 300 g/mol. The molecule has 0 atom stereocenters. The number of ether oxygens (including phenoxy) is 1. The van der Waals surface area contributed by atoms with Gasteiger partial charge in [0.05, 0.1) is 17.7 Å². The summed E-state index contributed by atoms with van der Waals surface area (Å²) < 4.78 is 5.11. The van der Waals surface area contributed by atoms with E-state index in [9.17, 15) is 14.7 Å². The first-order valence-electron chi connectivity index (χ1n) is 7.54. The number of rotatable bonds is 6. The molecule has 0 bridgehead atoms. The molecular formula is C18H20O4.